The van der Waals surface area contributed by atoms with E-state index in [9.17, 15) is 5.11 Å². The Balaban J connectivity index is 1.80. The molecule has 4 aromatic rings. The number of hydrogen-bond donors (Lipinski definition) is 1. The largest absolute Gasteiger partial charge is 0.472 e. The average Bonchev–Trinajstić information content (AvgIpc) is 2.79. The van der Waals surface area contributed by atoms with Crippen LogP contribution in [0.1, 0.15) is 27.8 Å². The maximum Gasteiger partial charge on any atom is 0.178 e. The number of benzene rings is 4. The van der Waals surface area contributed by atoms with Crippen molar-refractivity contribution in [2.75, 3.05) is 0 Å². The van der Waals surface area contributed by atoms with Gasteiger partial charge in [-0.1, -0.05) is 90.5 Å². The summed E-state index contributed by atoms with van der Waals surface area (Å²) in [5.41, 5.74) is 4.44. The third-order valence-electron chi connectivity index (χ3n) is 5.70. The van der Waals surface area contributed by atoms with Gasteiger partial charge in [-0.15, -0.1) is 0 Å². The van der Waals surface area contributed by atoms with Crippen LogP contribution in [0, 0.1) is 6.92 Å². The maximum absolute atomic E-state index is 10.00. The Kier molecular flexibility index (Phi) is 4.22. The highest BCUT2D eigenvalue weighted by molar-refractivity contribution is 5.94. The minimum Gasteiger partial charge on any atom is -0.472 e. The number of ether oxygens (including phenoxy) is 1. The van der Waals surface area contributed by atoms with Crippen LogP contribution in [0.15, 0.2) is 91.0 Å². The molecule has 4 aromatic carbocycles. The molecule has 29 heavy (non-hydrogen) atoms. The Labute approximate surface area is 170 Å². The summed E-state index contributed by atoms with van der Waals surface area (Å²) < 4.78 is 6.89. The van der Waals surface area contributed by atoms with E-state index in [2.05, 4.69) is 67.6 Å². The van der Waals surface area contributed by atoms with Crippen LogP contribution in [-0.2, 0) is 12.2 Å². The minimum atomic E-state index is -0.721. The van der Waals surface area contributed by atoms with Crippen molar-refractivity contribution in [3.8, 4) is 5.75 Å². The molecule has 0 saturated heterocycles. The van der Waals surface area contributed by atoms with Gasteiger partial charge in [-0.2, -0.15) is 0 Å². The highest BCUT2D eigenvalue weighted by Crippen LogP contribution is 2.46. The zero-order valence-electron chi connectivity index (χ0n) is 16.3. The van der Waals surface area contributed by atoms with Crippen molar-refractivity contribution in [2.24, 2.45) is 0 Å². The first-order chi connectivity index (χ1) is 14.2. The fraction of sp³-hybridized carbons (Fsp3) is 0.111. The molecule has 0 aliphatic carbocycles. The Hall–Kier alpha value is -3.36. The summed E-state index contributed by atoms with van der Waals surface area (Å²) in [5.74, 6) is 0.821. The van der Waals surface area contributed by atoms with Crippen LogP contribution in [-0.4, -0.2) is 5.11 Å². The van der Waals surface area contributed by atoms with Crippen molar-refractivity contribution in [1.82, 2.24) is 0 Å². The molecular weight excluding hydrogens is 356 g/mol. The summed E-state index contributed by atoms with van der Waals surface area (Å²) in [7, 11) is 0. The van der Waals surface area contributed by atoms with Crippen LogP contribution in [0.4, 0.5) is 0 Å². The molecule has 1 aliphatic rings. The molecule has 2 nitrogen and oxygen atoms in total. The van der Waals surface area contributed by atoms with Gasteiger partial charge < -0.3 is 9.84 Å². The molecule has 0 aromatic heterocycles. The Morgan fingerprint density at radius 3 is 2.10 bits per heavy atom. The summed E-state index contributed by atoms with van der Waals surface area (Å²) in [6.45, 7) is 2.06. The Morgan fingerprint density at radius 1 is 0.828 bits per heavy atom. The third-order valence-corrected chi connectivity index (χ3v) is 5.70. The molecule has 0 bridgehead atoms. The van der Waals surface area contributed by atoms with Gasteiger partial charge in [0.1, 0.15) is 5.75 Å². The summed E-state index contributed by atoms with van der Waals surface area (Å²) in [6.07, 6.45) is 4.21. The van der Waals surface area contributed by atoms with E-state index < -0.39 is 5.60 Å². The fourth-order valence-corrected chi connectivity index (χ4v) is 4.23. The maximum atomic E-state index is 10.00. The standard InChI is InChI=1S/C27H22O2/c1-19-12-13-24-20(16-19)17-21(18-28)25-14-15-27(29-26(24)25,22-8-4-2-5-9-22)23-10-6-3-7-11-23/h2-17,28H,18H2,1H3. The molecule has 1 aliphatic heterocycles. The molecule has 0 spiro atoms. The zero-order valence-corrected chi connectivity index (χ0v) is 16.3. The molecule has 0 amide bonds. The lowest BCUT2D eigenvalue weighted by Gasteiger charge is -2.37. The van der Waals surface area contributed by atoms with E-state index in [-0.39, 0.29) is 6.61 Å². The monoisotopic (exact) mass is 378 g/mol. The first-order valence-corrected chi connectivity index (χ1v) is 9.88. The van der Waals surface area contributed by atoms with Gasteiger partial charge in [-0.05, 0) is 30.0 Å². The van der Waals surface area contributed by atoms with Crippen LogP contribution in [0.3, 0.4) is 0 Å². The molecule has 0 fully saturated rings. The number of hydrogen-bond acceptors (Lipinski definition) is 2. The predicted octanol–water partition coefficient (Wildman–Crippen LogP) is 5.99. The molecular formula is C27H22O2. The van der Waals surface area contributed by atoms with E-state index in [1.54, 1.807) is 0 Å². The van der Waals surface area contributed by atoms with Gasteiger partial charge in [0.05, 0.1) is 6.61 Å². The lowest BCUT2D eigenvalue weighted by Crippen LogP contribution is -2.34. The molecule has 0 unspecified atom stereocenters. The number of aliphatic hydroxyl groups excluding tert-OH is 1. The van der Waals surface area contributed by atoms with E-state index >= 15 is 0 Å². The van der Waals surface area contributed by atoms with Crippen LogP contribution >= 0.6 is 0 Å². The highest BCUT2D eigenvalue weighted by atomic mass is 16.5. The van der Waals surface area contributed by atoms with Crippen molar-refractivity contribution in [2.45, 2.75) is 19.1 Å². The lowest BCUT2D eigenvalue weighted by molar-refractivity contribution is 0.163. The van der Waals surface area contributed by atoms with Crippen molar-refractivity contribution in [1.29, 1.82) is 0 Å². The molecule has 0 saturated carbocycles. The second kappa shape index (κ2) is 6.91. The highest BCUT2D eigenvalue weighted by Gasteiger charge is 2.38. The molecule has 1 N–H and O–H groups in total. The number of rotatable bonds is 3. The number of fused-ring (bicyclic) bond motifs is 3. The van der Waals surface area contributed by atoms with Crippen molar-refractivity contribution < 1.29 is 9.84 Å². The van der Waals surface area contributed by atoms with Gasteiger partial charge in [-0.25, -0.2) is 0 Å². The predicted molar refractivity (Wildman–Crippen MR) is 118 cm³/mol. The van der Waals surface area contributed by atoms with Gasteiger partial charge in [0, 0.05) is 22.1 Å². The SMILES string of the molecule is Cc1ccc2c3c(c(CO)cc2c1)C=CC(c1ccccc1)(c1ccccc1)O3. The van der Waals surface area contributed by atoms with Crippen LogP contribution in [0.25, 0.3) is 16.8 Å². The van der Waals surface area contributed by atoms with Crippen LogP contribution in [0.5, 0.6) is 5.75 Å². The van der Waals surface area contributed by atoms with E-state index in [0.717, 1.165) is 38.8 Å². The number of aryl methyl sites for hydroxylation is 1. The van der Waals surface area contributed by atoms with E-state index in [4.69, 9.17) is 4.74 Å². The zero-order chi connectivity index (χ0) is 19.8. The second-order valence-electron chi connectivity index (χ2n) is 7.56. The molecule has 142 valence electrons. The normalized spacial score (nSPS) is 14.4. The second-order valence-corrected chi connectivity index (χ2v) is 7.56. The Morgan fingerprint density at radius 2 is 1.48 bits per heavy atom. The smallest absolute Gasteiger partial charge is 0.178 e. The summed E-state index contributed by atoms with van der Waals surface area (Å²) in [5, 5.41) is 12.1. The van der Waals surface area contributed by atoms with Gasteiger partial charge in [0.25, 0.3) is 0 Å². The van der Waals surface area contributed by atoms with Crippen molar-refractivity contribution in [3.63, 3.8) is 0 Å². The number of aliphatic hydroxyl groups is 1. The molecule has 0 radical (unpaired) electrons. The van der Waals surface area contributed by atoms with Gasteiger partial charge >= 0.3 is 0 Å². The molecule has 2 heteroatoms. The molecule has 1 heterocycles. The minimum absolute atomic E-state index is 0.0242. The van der Waals surface area contributed by atoms with Gasteiger partial charge in [0.15, 0.2) is 5.60 Å². The van der Waals surface area contributed by atoms with Crippen molar-refractivity contribution >= 4 is 16.8 Å². The summed E-state index contributed by atoms with van der Waals surface area (Å²) >= 11 is 0. The fourth-order valence-electron chi connectivity index (χ4n) is 4.23. The topological polar surface area (TPSA) is 29.5 Å². The van der Waals surface area contributed by atoms with E-state index in [1.165, 1.54) is 5.56 Å². The molecule has 5 rings (SSSR count). The summed E-state index contributed by atoms with van der Waals surface area (Å²) in [4.78, 5) is 0. The van der Waals surface area contributed by atoms with Gasteiger partial charge in [0.2, 0.25) is 0 Å². The van der Waals surface area contributed by atoms with Gasteiger partial charge in [-0.3, -0.25) is 0 Å². The first-order valence-electron chi connectivity index (χ1n) is 9.88. The van der Waals surface area contributed by atoms with Crippen molar-refractivity contribution in [3.05, 3.63) is 119 Å². The van der Waals surface area contributed by atoms with Crippen LogP contribution in [0.2, 0.25) is 0 Å². The quantitative estimate of drug-likeness (QED) is 0.474. The third kappa shape index (κ3) is 2.84. The lowest BCUT2D eigenvalue weighted by atomic mass is 9.82. The Bertz CT molecular complexity index is 1170. The first kappa shape index (κ1) is 17.7. The average molecular weight is 378 g/mol. The molecule has 0 atom stereocenters. The van der Waals surface area contributed by atoms with E-state index in [0.29, 0.717) is 0 Å². The summed E-state index contributed by atoms with van der Waals surface area (Å²) in [6, 6.07) is 29.0. The van der Waals surface area contributed by atoms with E-state index in [1.807, 2.05) is 36.4 Å². The van der Waals surface area contributed by atoms with Crippen LogP contribution < -0.4 is 4.74 Å².